The van der Waals surface area contributed by atoms with Crippen molar-refractivity contribution in [1.82, 2.24) is 0 Å². The van der Waals surface area contributed by atoms with Gasteiger partial charge in [-0.2, -0.15) is 0 Å². The molecule has 0 radical (unpaired) electrons. The van der Waals surface area contributed by atoms with E-state index >= 15 is 0 Å². The van der Waals surface area contributed by atoms with E-state index in [1.807, 2.05) is 12.1 Å². The molecule has 3 aromatic carbocycles. The van der Waals surface area contributed by atoms with Gasteiger partial charge in [0.15, 0.2) is 0 Å². The summed E-state index contributed by atoms with van der Waals surface area (Å²) in [5, 5.41) is 14.0. The molecule has 0 unspecified atom stereocenters. The van der Waals surface area contributed by atoms with E-state index in [2.05, 4.69) is 5.32 Å². The number of nitrogens with one attached hydrogen (secondary N) is 1. The first-order valence-electron chi connectivity index (χ1n) is 7.30. The summed E-state index contributed by atoms with van der Waals surface area (Å²) < 4.78 is 0. The Bertz CT molecular complexity index is 966. The summed E-state index contributed by atoms with van der Waals surface area (Å²) in [5.41, 5.74) is 1.95. The van der Waals surface area contributed by atoms with Crippen molar-refractivity contribution in [3.63, 3.8) is 0 Å². The second-order valence-electron chi connectivity index (χ2n) is 5.43. The highest BCUT2D eigenvalue weighted by molar-refractivity contribution is 6.36. The lowest BCUT2D eigenvalue weighted by molar-refractivity contribution is 0.0696. The van der Waals surface area contributed by atoms with E-state index in [9.17, 15) is 9.59 Å². The van der Waals surface area contributed by atoms with Crippen LogP contribution in [0.3, 0.4) is 0 Å². The molecule has 0 heterocycles. The molecule has 0 saturated carbocycles. The Morgan fingerprint density at radius 3 is 2.42 bits per heavy atom. The van der Waals surface area contributed by atoms with Gasteiger partial charge in [0, 0.05) is 21.7 Å². The van der Waals surface area contributed by atoms with E-state index < -0.39 is 5.97 Å². The van der Waals surface area contributed by atoms with Gasteiger partial charge in [-0.15, -0.1) is 0 Å². The van der Waals surface area contributed by atoms with Crippen LogP contribution in [0.15, 0.2) is 54.6 Å². The molecule has 4 nitrogen and oxygen atoms in total. The van der Waals surface area contributed by atoms with E-state index in [4.69, 9.17) is 16.7 Å². The molecule has 0 spiro atoms. The van der Waals surface area contributed by atoms with Crippen LogP contribution in [0.1, 0.15) is 26.3 Å². The summed E-state index contributed by atoms with van der Waals surface area (Å²) in [6.45, 7) is 1.75. The standard InChI is InChI=1S/C19H14ClNO3/c1-11-10-12(19(23)24)8-9-17(11)21-18(22)15-6-2-5-14-13(15)4-3-7-16(14)20/h2-10H,1H3,(H,21,22)(H,23,24). The summed E-state index contributed by atoms with van der Waals surface area (Å²) >= 11 is 6.18. The number of hydrogen-bond acceptors (Lipinski definition) is 2. The number of carbonyl (C=O) groups is 2. The lowest BCUT2D eigenvalue weighted by Gasteiger charge is -2.11. The van der Waals surface area contributed by atoms with Crippen LogP contribution in [0.5, 0.6) is 0 Å². The molecule has 0 fully saturated rings. The number of carboxylic acids is 1. The molecule has 120 valence electrons. The van der Waals surface area contributed by atoms with Crippen molar-refractivity contribution < 1.29 is 14.7 Å². The van der Waals surface area contributed by atoms with Gasteiger partial charge >= 0.3 is 5.97 Å². The summed E-state index contributed by atoms with van der Waals surface area (Å²) in [4.78, 5) is 23.6. The van der Waals surface area contributed by atoms with Gasteiger partial charge < -0.3 is 10.4 Å². The van der Waals surface area contributed by atoms with Gasteiger partial charge in [0.2, 0.25) is 0 Å². The second-order valence-corrected chi connectivity index (χ2v) is 5.84. The van der Waals surface area contributed by atoms with Gasteiger partial charge in [-0.25, -0.2) is 4.79 Å². The molecule has 0 aliphatic carbocycles. The van der Waals surface area contributed by atoms with Crippen molar-refractivity contribution in [2.45, 2.75) is 6.92 Å². The molecule has 0 aliphatic heterocycles. The first-order chi connectivity index (χ1) is 11.5. The van der Waals surface area contributed by atoms with E-state index in [0.29, 0.717) is 21.8 Å². The van der Waals surface area contributed by atoms with Gasteiger partial charge in [-0.3, -0.25) is 4.79 Å². The van der Waals surface area contributed by atoms with Crippen LogP contribution in [0, 0.1) is 6.92 Å². The van der Waals surface area contributed by atoms with Gasteiger partial charge in [0.1, 0.15) is 0 Å². The predicted octanol–water partition coefficient (Wildman–Crippen LogP) is 4.75. The first-order valence-corrected chi connectivity index (χ1v) is 7.67. The maximum absolute atomic E-state index is 12.6. The first kappa shape index (κ1) is 16.0. The van der Waals surface area contributed by atoms with Crippen molar-refractivity contribution in [2.75, 3.05) is 5.32 Å². The third-order valence-electron chi connectivity index (χ3n) is 3.84. The van der Waals surface area contributed by atoms with Crippen LogP contribution in [-0.2, 0) is 0 Å². The van der Waals surface area contributed by atoms with E-state index in [0.717, 1.165) is 10.8 Å². The highest BCUT2D eigenvalue weighted by Crippen LogP contribution is 2.27. The fourth-order valence-electron chi connectivity index (χ4n) is 2.60. The number of rotatable bonds is 3. The summed E-state index contributed by atoms with van der Waals surface area (Å²) in [5.74, 6) is -1.27. The number of benzene rings is 3. The number of hydrogen-bond donors (Lipinski definition) is 2. The van der Waals surface area contributed by atoms with Gasteiger partial charge in [-0.05, 0) is 48.2 Å². The minimum atomic E-state index is -1.00. The van der Waals surface area contributed by atoms with Crippen molar-refractivity contribution in [1.29, 1.82) is 0 Å². The molecule has 5 heteroatoms. The van der Waals surface area contributed by atoms with Crippen LogP contribution < -0.4 is 5.32 Å². The van der Waals surface area contributed by atoms with Crippen molar-refractivity contribution in [3.05, 3.63) is 76.3 Å². The van der Waals surface area contributed by atoms with Crippen molar-refractivity contribution in [2.24, 2.45) is 0 Å². The van der Waals surface area contributed by atoms with Crippen molar-refractivity contribution in [3.8, 4) is 0 Å². The Kier molecular flexibility index (Phi) is 4.23. The van der Waals surface area contributed by atoms with E-state index in [-0.39, 0.29) is 11.5 Å². The lowest BCUT2D eigenvalue weighted by Crippen LogP contribution is -2.13. The Morgan fingerprint density at radius 1 is 1.00 bits per heavy atom. The fraction of sp³-hybridized carbons (Fsp3) is 0.0526. The number of carboxylic acid groups (broad SMARTS) is 1. The van der Waals surface area contributed by atoms with Gasteiger partial charge in [0.25, 0.3) is 5.91 Å². The molecule has 2 N–H and O–H groups in total. The predicted molar refractivity (Wildman–Crippen MR) is 95.0 cm³/mol. The number of fused-ring (bicyclic) bond motifs is 1. The fourth-order valence-corrected chi connectivity index (χ4v) is 2.83. The third kappa shape index (κ3) is 2.96. The average Bonchev–Trinajstić information content (AvgIpc) is 2.56. The molecular formula is C19H14ClNO3. The average molecular weight is 340 g/mol. The van der Waals surface area contributed by atoms with E-state index in [1.54, 1.807) is 37.3 Å². The molecule has 1 amide bonds. The summed E-state index contributed by atoms with van der Waals surface area (Å²) in [6, 6.07) is 15.4. The molecular weight excluding hydrogens is 326 g/mol. The number of anilines is 1. The molecule has 0 aliphatic rings. The molecule has 24 heavy (non-hydrogen) atoms. The quantitative estimate of drug-likeness (QED) is 0.723. The SMILES string of the molecule is Cc1cc(C(=O)O)ccc1NC(=O)c1cccc2c(Cl)cccc12. The minimum Gasteiger partial charge on any atom is -0.478 e. The minimum absolute atomic E-state index is 0.183. The largest absolute Gasteiger partial charge is 0.478 e. The number of aryl methyl sites for hydroxylation is 1. The summed E-state index contributed by atoms with van der Waals surface area (Å²) in [7, 11) is 0. The lowest BCUT2D eigenvalue weighted by atomic mass is 10.0. The van der Waals surface area contributed by atoms with Crippen LogP contribution in [0.2, 0.25) is 5.02 Å². The zero-order valence-electron chi connectivity index (χ0n) is 12.8. The molecule has 3 aromatic rings. The monoisotopic (exact) mass is 339 g/mol. The molecule has 0 bridgehead atoms. The zero-order valence-corrected chi connectivity index (χ0v) is 13.6. The number of halogens is 1. The summed E-state index contributed by atoms with van der Waals surface area (Å²) in [6.07, 6.45) is 0. The maximum atomic E-state index is 12.6. The van der Waals surface area contributed by atoms with Gasteiger partial charge in [-0.1, -0.05) is 35.9 Å². The number of carbonyl (C=O) groups excluding carboxylic acids is 1. The third-order valence-corrected chi connectivity index (χ3v) is 4.16. The topological polar surface area (TPSA) is 66.4 Å². The molecule has 0 saturated heterocycles. The Balaban J connectivity index is 1.97. The molecule has 3 rings (SSSR count). The van der Waals surface area contributed by atoms with Crippen LogP contribution in [-0.4, -0.2) is 17.0 Å². The molecule has 0 aromatic heterocycles. The van der Waals surface area contributed by atoms with E-state index in [1.165, 1.54) is 12.1 Å². The second kappa shape index (κ2) is 6.34. The highest BCUT2D eigenvalue weighted by atomic mass is 35.5. The number of amides is 1. The normalized spacial score (nSPS) is 10.6. The van der Waals surface area contributed by atoms with Crippen LogP contribution in [0.25, 0.3) is 10.8 Å². The Morgan fingerprint density at radius 2 is 1.71 bits per heavy atom. The van der Waals surface area contributed by atoms with Gasteiger partial charge in [0.05, 0.1) is 5.56 Å². The Labute approximate surface area is 143 Å². The van der Waals surface area contributed by atoms with Crippen LogP contribution >= 0.6 is 11.6 Å². The maximum Gasteiger partial charge on any atom is 0.335 e. The number of aromatic carboxylic acids is 1. The zero-order chi connectivity index (χ0) is 17.3. The Hall–Kier alpha value is -2.85. The highest BCUT2D eigenvalue weighted by Gasteiger charge is 2.13. The molecule has 0 atom stereocenters. The van der Waals surface area contributed by atoms with Crippen molar-refractivity contribution >= 4 is 39.9 Å². The smallest absolute Gasteiger partial charge is 0.335 e. The van der Waals surface area contributed by atoms with Crippen LogP contribution in [0.4, 0.5) is 5.69 Å².